The summed E-state index contributed by atoms with van der Waals surface area (Å²) in [4.78, 5) is 9.24. The van der Waals surface area contributed by atoms with E-state index >= 15 is 0 Å². The zero-order valence-electron chi connectivity index (χ0n) is 23.8. The minimum Gasteiger partial charge on any atom is -0.497 e. The number of nitrogens with zero attached hydrogens (tertiary/aromatic N) is 4. The van der Waals surface area contributed by atoms with Crippen molar-refractivity contribution < 1.29 is 14.2 Å². The smallest absolute Gasteiger partial charge is 0.174 e. The fourth-order valence-corrected chi connectivity index (χ4v) is 6.37. The second-order valence-electron chi connectivity index (χ2n) is 10.3. The van der Waals surface area contributed by atoms with Crippen LogP contribution in [0.25, 0.3) is 5.69 Å². The highest BCUT2D eigenvalue weighted by molar-refractivity contribution is 7.80. The van der Waals surface area contributed by atoms with Gasteiger partial charge >= 0.3 is 0 Å². The van der Waals surface area contributed by atoms with Crippen molar-refractivity contribution in [3.63, 3.8) is 0 Å². The van der Waals surface area contributed by atoms with E-state index in [0.29, 0.717) is 10.9 Å². The summed E-state index contributed by atoms with van der Waals surface area (Å²) in [6.07, 6.45) is 1.82. The highest BCUT2D eigenvalue weighted by atomic mass is 32.1. The summed E-state index contributed by atoms with van der Waals surface area (Å²) in [5.74, 6) is 1.45. The van der Waals surface area contributed by atoms with E-state index in [0.717, 1.165) is 66.1 Å². The Kier molecular flexibility index (Phi) is 7.55. The minimum absolute atomic E-state index is 0.169. The number of aromatic nitrogens is 2. The van der Waals surface area contributed by atoms with Crippen LogP contribution in [-0.4, -0.2) is 55.2 Å². The Morgan fingerprint density at radius 1 is 0.927 bits per heavy atom. The molecule has 6 rings (SSSR count). The Hall–Kier alpha value is -4.08. The molecule has 41 heavy (non-hydrogen) atoms. The van der Waals surface area contributed by atoms with Crippen molar-refractivity contribution in [2.75, 3.05) is 50.3 Å². The average molecular weight is 570 g/mol. The van der Waals surface area contributed by atoms with E-state index in [1.807, 2.05) is 42.6 Å². The molecule has 8 nitrogen and oxygen atoms in total. The van der Waals surface area contributed by atoms with Gasteiger partial charge in [0.25, 0.3) is 0 Å². The molecule has 2 aromatic carbocycles. The maximum Gasteiger partial charge on any atom is 0.174 e. The summed E-state index contributed by atoms with van der Waals surface area (Å²) in [5, 5.41) is 4.18. The molecule has 2 aromatic heterocycles. The molecule has 2 aliphatic heterocycles. The van der Waals surface area contributed by atoms with Gasteiger partial charge in [0.05, 0.1) is 50.9 Å². The van der Waals surface area contributed by atoms with Gasteiger partial charge in [-0.1, -0.05) is 6.07 Å². The Labute approximate surface area is 246 Å². The second kappa shape index (κ2) is 11.4. The lowest BCUT2D eigenvalue weighted by Crippen LogP contribution is -2.36. The first-order valence-electron chi connectivity index (χ1n) is 13.8. The Morgan fingerprint density at radius 3 is 2.37 bits per heavy atom. The summed E-state index contributed by atoms with van der Waals surface area (Å²) < 4.78 is 19.2. The molecule has 4 heterocycles. The Bertz CT molecular complexity index is 1530. The van der Waals surface area contributed by atoms with Gasteiger partial charge in [-0.2, -0.15) is 0 Å². The lowest BCUT2D eigenvalue weighted by Gasteiger charge is -2.29. The van der Waals surface area contributed by atoms with E-state index in [9.17, 15) is 0 Å². The summed E-state index contributed by atoms with van der Waals surface area (Å²) in [5.41, 5.74) is 7.55. The molecule has 0 saturated carbocycles. The molecule has 2 aliphatic rings. The van der Waals surface area contributed by atoms with Gasteiger partial charge in [-0.05, 0) is 86.2 Å². The molecular formula is C32H35N5O3S. The SMILES string of the molecule is COc1ccc(OC)c(N2C(=S)NC(c3ccccn3)C2c2cc(C)n(-c3ccc(N4CCOCC4)cc3)c2C)c1. The van der Waals surface area contributed by atoms with Crippen LogP contribution in [0, 0.1) is 13.8 Å². The van der Waals surface area contributed by atoms with Crippen LogP contribution in [0.5, 0.6) is 11.5 Å². The first-order valence-corrected chi connectivity index (χ1v) is 14.3. The normalized spacial score (nSPS) is 18.9. The predicted molar refractivity (Wildman–Crippen MR) is 166 cm³/mol. The molecule has 0 amide bonds. The van der Waals surface area contributed by atoms with E-state index in [1.165, 1.54) is 5.69 Å². The van der Waals surface area contributed by atoms with E-state index in [2.05, 4.69) is 63.9 Å². The minimum atomic E-state index is -0.175. The number of pyridine rings is 1. The highest BCUT2D eigenvalue weighted by Gasteiger charge is 2.43. The number of aryl methyl sites for hydroxylation is 1. The lowest BCUT2D eigenvalue weighted by molar-refractivity contribution is 0.122. The molecule has 212 valence electrons. The van der Waals surface area contributed by atoms with E-state index in [-0.39, 0.29) is 12.1 Å². The van der Waals surface area contributed by atoms with Crippen LogP contribution in [0.3, 0.4) is 0 Å². The number of rotatable bonds is 7. The number of hydrogen-bond donors (Lipinski definition) is 1. The van der Waals surface area contributed by atoms with Crippen LogP contribution < -0.4 is 24.6 Å². The van der Waals surface area contributed by atoms with Gasteiger partial charge in [0.1, 0.15) is 11.5 Å². The molecule has 0 aliphatic carbocycles. The van der Waals surface area contributed by atoms with Gasteiger partial charge < -0.3 is 33.9 Å². The molecule has 4 aromatic rings. The third-order valence-corrected chi connectivity index (χ3v) is 8.33. The lowest BCUT2D eigenvalue weighted by atomic mass is 9.96. The van der Waals surface area contributed by atoms with E-state index in [1.54, 1.807) is 14.2 Å². The molecule has 2 saturated heterocycles. The zero-order chi connectivity index (χ0) is 28.5. The van der Waals surface area contributed by atoms with E-state index in [4.69, 9.17) is 31.4 Å². The van der Waals surface area contributed by atoms with Crippen LogP contribution in [0.15, 0.2) is 72.9 Å². The molecule has 0 bridgehead atoms. The van der Waals surface area contributed by atoms with Crippen molar-refractivity contribution >= 4 is 28.7 Å². The average Bonchev–Trinajstić information content (AvgIpc) is 3.52. The highest BCUT2D eigenvalue weighted by Crippen LogP contribution is 2.47. The molecule has 2 unspecified atom stereocenters. The first-order chi connectivity index (χ1) is 20.0. The maximum absolute atomic E-state index is 5.99. The zero-order valence-corrected chi connectivity index (χ0v) is 24.6. The van der Waals surface area contributed by atoms with Crippen molar-refractivity contribution in [3.05, 3.63) is 95.6 Å². The summed E-state index contributed by atoms with van der Waals surface area (Å²) in [6.45, 7) is 7.69. The quantitative estimate of drug-likeness (QED) is 0.292. The number of benzene rings is 2. The summed E-state index contributed by atoms with van der Waals surface area (Å²) in [6, 6.07) is 22.5. The van der Waals surface area contributed by atoms with Crippen LogP contribution in [-0.2, 0) is 4.74 Å². The van der Waals surface area contributed by atoms with Crippen molar-refractivity contribution in [3.8, 4) is 17.2 Å². The largest absolute Gasteiger partial charge is 0.497 e. The number of methoxy groups -OCH3 is 2. The van der Waals surface area contributed by atoms with Crippen molar-refractivity contribution in [2.24, 2.45) is 0 Å². The van der Waals surface area contributed by atoms with Crippen LogP contribution >= 0.6 is 12.2 Å². The molecule has 0 spiro atoms. The van der Waals surface area contributed by atoms with Gasteiger partial charge in [0.2, 0.25) is 0 Å². The van der Waals surface area contributed by atoms with Crippen LogP contribution in [0.4, 0.5) is 11.4 Å². The fourth-order valence-electron chi connectivity index (χ4n) is 6.03. The monoisotopic (exact) mass is 569 g/mol. The summed E-state index contributed by atoms with van der Waals surface area (Å²) >= 11 is 5.99. The molecular weight excluding hydrogens is 534 g/mol. The third kappa shape index (κ3) is 5.00. The topological polar surface area (TPSA) is 64.0 Å². The predicted octanol–water partition coefficient (Wildman–Crippen LogP) is 5.52. The Morgan fingerprint density at radius 2 is 1.68 bits per heavy atom. The van der Waals surface area contributed by atoms with Gasteiger partial charge in [-0.15, -0.1) is 0 Å². The maximum atomic E-state index is 5.99. The standard InChI is InChI=1S/C32H35N5O3S/c1-21-19-26(22(2)36(21)24-10-8-23(9-11-24)35-15-17-40-18-16-35)31-30(27-7-5-6-14-33-27)34-32(41)37(31)28-20-25(38-3)12-13-29(28)39-4/h5-14,19-20,30-31H,15-18H2,1-4H3,(H,34,41). The van der Waals surface area contributed by atoms with Crippen molar-refractivity contribution in [1.29, 1.82) is 0 Å². The number of ether oxygens (including phenoxy) is 3. The van der Waals surface area contributed by atoms with Crippen LogP contribution in [0.1, 0.15) is 34.7 Å². The van der Waals surface area contributed by atoms with Crippen LogP contribution in [0.2, 0.25) is 0 Å². The number of anilines is 2. The first kappa shape index (κ1) is 27.1. The fraction of sp³-hybridized carbons (Fsp3) is 0.312. The van der Waals surface area contributed by atoms with E-state index < -0.39 is 0 Å². The molecule has 1 N–H and O–H groups in total. The van der Waals surface area contributed by atoms with Gasteiger partial charge in [-0.25, -0.2) is 0 Å². The molecule has 2 atom stereocenters. The van der Waals surface area contributed by atoms with Gasteiger partial charge in [0, 0.05) is 48.1 Å². The number of thiocarbonyl (C=S) groups is 1. The molecule has 9 heteroatoms. The summed E-state index contributed by atoms with van der Waals surface area (Å²) in [7, 11) is 3.34. The second-order valence-corrected chi connectivity index (χ2v) is 10.7. The van der Waals surface area contributed by atoms with Crippen molar-refractivity contribution in [2.45, 2.75) is 25.9 Å². The molecule has 0 radical (unpaired) electrons. The van der Waals surface area contributed by atoms with Crippen molar-refractivity contribution in [1.82, 2.24) is 14.9 Å². The van der Waals surface area contributed by atoms with Gasteiger partial charge in [0.15, 0.2) is 5.11 Å². The number of nitrogens with one attached hydrogen (secondary N) is 1. The number of morpholine rings is 1. The molecule has 2 fully saturated rings. The van der Waals surface area contributed by atoms with Gasteiger partial charge in [-0.3, -0.25) is 4.98 Å². The number of hydrogen-bond acceptors (Lipinski definition) is 6. The Balaban J connectivity index is 1.45. The third-order valence-electron chi connectivity index (χ3n) is 8.02.